The Morgan fingerprint density at radius 3 is 2.60 bits per heavy atom. The summed E-state index contributed by atoms with van der Waals surface area (Å²) in [6, 6.07) is 16.9. The monoisotopic (exact) mass is 564 g/mol. The maximum absolute atomic E-state index is 13.4. The van der Waals surface area contributed by atoms with Crippen LogP contribution in [0.15, 0.2) is 78.0 Å². The van der Waals surface area contributed by atoms with Crippen LogP contribution in [0.1, 0.15) is 30.4 Å². The summed E-state index contributed by atoms with van der Waals surface area (Å²) in [4.78, 5) is 22.3. The molecule has 9 nitrogen and oxygen atoms in total. The Bertz CT molecular complexity index is 1420. The van der Waals surface area contributed by atoms with Gasteiger partial charge in [0.15, 0.2) is 6.29 Å². The first-order valence-electron chi connectivity index (χ1n) is 13.7. The number of hydrogen-bond acceptors (Lipinski definition) is 7. The molecular formula is C30H36N4O5S. The summed E-state index contributed by atoms with van der Waals surface area (Å²) >= 11 is 0. The molecule has 2 aromatic carbocycles. The van der Waals surface area contributed by atoms with Crippen LogP contribution in [-0.2, 0) is 30.9 Å². The predicted molar refractivity (Wildman–Crippen MR) is 154 cm³/mol. The molecule has 2 aliphatic rings. The molecule has 10 heteroatoms. The molecular weight excluding hydrogens is 528 g/mol. The van der Waals surface area contributed by atoms with Crippen molar-refractivity contribution in [1.29, 1.82) is 0 Å². The van der Waals surface area contributed by atoms with Gasteiger partial charge in [0, 0.05) is 64.2 Å². The van der Waals surface area contributed by atoms with Gasteiger partial charge < -0.3 is 9.64 Å². The van der Waals surface area contributed by atoms with Crippen LogP contribution in [0.3, 0.4) is 0 Å². The van der Waals surface area contributed by atoms with Gasteiger partial charge >= 0.3 is 0 Å². The second-order valence-corrected chi connectivity index (χ2v) is 12.1. The van der Waals surface area contributed by atoms with Gasteiger partial charge in [0.1, 0.15) is 0 Å². The van der Waals surface area contributed by atoms with E-state index in [2.05, 4.69) is 34.5 Å². The van der Waals surface area contributed by atoms with Crippen molar-refractivity contribution in [2.24, 2.45) is 0 Å². The number of carbonyl (C=O) groups excluding carboxylic acids is 1. The van der Waals surface area contributed by atoms with Crippen LogP contribution in [0.4, 0.5) is 0 Å². The molecule has 3 aromatic rings. The number of likely N-dealkylation sites (N-methyl/N-ethyl adjacent to an activating group) is 1. The lowest BCUT2D eigenvalue weighted by molar-refractivity contribution is -0.198. The van der Waals surface area contributed by atoms with Crippen LogP contribution in [-0.4, -0.2) is 74.2 Å². The number of hydroxylamine groups is 1. The van der Waals surface area contributed by atoms with Gasteiger partial charge in [-0.15, -0.1) is 0 Å². The number of ether oxygens (including phenoxy) is 1. The van der Waals surface area contributed by atoms with Crippen molar-refractivity contribution in [1.82, 2.24) is 19.3 Å². The molecule has 2 saturated heterocycles. The molecule has 212 valence electrons. The predicted octanol–water partition coefficient (Wildman–Crippen LogP) is 3.73. The summed E-state index contributed by atoms with van der Waals surface area (Å²) in [7, 11) is -1.66. The number of amides is 1. The molecule has 0 spiro atoms. The van der Waals surface area contributed by atoms with Crippen molar-refractivity contribution in [2.45, 2.75) is 37.0 Å². The molecule has 1 aromatic heterocycles. The molecule has 40 heavy (non-hydrogen) atoms. The number of rotatable bonds is 9. The molecule has 0 saturated carbocycles. The lowest BCUT2D eigenvalue weighted by Crippen LogP contribution is -2.43. The summed E-state index contributed by atoms with van der Waals surface area (Å²) in [5.74, 6) is -0.452. The zero-order chi connectivity index (χ0) is 28.0. The molecule has 5 rings (SSSR count). The van der Waals surface area contributed by atoms with Crippen molar-refractivity contribution in [3.05, 3.63) is 84.2 Å². The number of aromatic nitrogens is 1. The summed E-state index contributed by atoms with van der Waals surface area (Å²) in [5, 5.41) is 0. The molecule has 1 atom stereocenters. The third kappa shape index (κ3) is 7.26. The summed E-state index contributed by atoms with van der Waals surface area (Å²) in [5.41, 5.74) is 5.96. The average molecular weight is 565 g/mol. The van der Waals surface area contributed by atoms with Crippen LogP contribution >= 0.6 is 0 Å². The van der Waals surface area contributed by atoms with E-state index in [0.717, 1.165) is 67.1 Å². The summed E-state index contributed by atoms with van der Waals surface area (Å²) in [6.45, 7) is 5.82. The first kappa shape index (κ1) is 28.3. The van der Waals surface area contributed by atoms with Crippen molar-refractivity contribution in [2.75, 3.05) is 39.8 Å². The van der Waals surface area contributed by atoms with Gasteiger partial charge in [-0.1, -0.05) is 36.4 Å². The Hall–Kier alpha value is -3.28. The van der Waals surface area contributed by atoms with E-state index in [1.54, 1.807) is 24.3 Å². The lowest BCUT2D eigenvalue weighted by Gasteiger charge is -2.32. The van der Waals surface area contributed by atoms with Crippen molar-refractivity contribution in [3.63, 3.8) is 0 Å². The van der Waals surface area contributed by atoms with Gasteiger partial charge in [0.05, 0.1) is 4.90 Å². The first-order valence-corrected chi connectivity index (χ1v) is 15.1. The van der Waals surface area contributed by atoms with Crippen LogP contribution in [0.5, 0.6) is 0 Å². The molecule has 0 radical (unpaired) electrons. The highest BCUT2D eigenvalue weighted by Gasteiger charge is 2.18. The Morgan fingerprint density at radius 2 is 1.85 bits per heavy atom. The smallest absolute Gasteiger partial charge is 0.267 e. The number of hydrogen-bond donors (Lipinski definition) is 1. The van der Waals surface area contributed by atoms with Crippen LogP contribution in [0, 0.1) is 0 Å². The minimum Gasteiger partial charge on any atom is -0.350 e. The van der Waals surface area contributed by atoms with Gasteiger partial charge in [0.25, 0.3) is 15.9 Å². The zero-order valence-corrected chi connectivity index (χ0v) is 23.6. The highest BCUT2D eigenvalue weighted by Crippen LogP contribution is 2.25. The SMILES string of the molecule is CN1CCN(Cc2ccc(-c3cccc(S(=O)(=O)n4ccc(C=CC(=O)NOC5CCCCO5)c4)c3)cc2)CC1. The second kappa shape index (κ2) is 12.9. The minimum absolute atomic E-state index is 0.191. The third-order valence-electron chi connectivity index (χ3n) is 7.25. The zero-order valence-electron chi connectivity index (χ0n) is 22.7. The number of benzene rings is 2. The fourth-order valence-electron chi connectivity index (χ4n) is 4.80. The van der Waals surface area contributed by atoms with Crippen LogP contribution in [0.2, 0.25) is 0 Å². The van der Waals surface area contributed by atoms with E-state index in [-0.39, 0.29) is 4.90 Å². The summed E-state index contributed by atoms with van der Waals surface area (Å²) in [6.07, 6.45) is 8.05. The van der Waals surface area contributed by atoms with Crippen LogP contribution < -0.4 is 5.48 Å². The van der Waals surface area contributed by atoms with Gasteiger partial charge in [-0.2, -0.15) is 0 Å². The highest BCUT2D eigenvalue weighted by molar-refractivity contribution is 7.90. The topological polar surface area (TPSA) is 93.1 Å². The largest absolute Gasteiger partial charge is 0.350 e. The van der Waals surface area contributed by atoms with E-state index >= 15 is 0 Å². The molecule has 1 N–H and O–H groups in total. The lowest BCUT2D eigenvalue weighted by atomic mass is 10.0. The standard InChI is InChI=1S/C30H36N4O5S/c1-32-16-18-33(19-17-32)22-24-8-11-26(12-9-24)27-5-4-6-28(21-27)40(36,37)34-15-14-25(23-34)10-13-29(35)31-39-30-7-2-3-20-38-30/h4-6,8-15,21,23,30H,2-3,7,16-20,22H2,1H3,(H,31,35). The van der Waals surface area contributed by atoms with E-state index in [1.165, 1.54) is 30.1 Å². The fraction of sp³-hybridized carbons (Fsp3) is 0.367. The third-order valence-corrected chi connectivity index (χ3v) is 8.88. The van der Waals surface area contributed by atoms with E-state index in [1.807, 2.05) is 18.2 Å². The molecule has 3 heterocycles. The number of carbonyl (C=O) groups is 1. The Morgan fingerprint density at radius 1 is 1.05 bits per heavy atom. The van der Waals surface area contributed by atoms with Crippen molar-refractivity contribution >= 4 is 22.0 Å². The molecule has 0 bridgehead atoms. The fourth-order valence-corrected chi connectivity index (χ4v) is 6.05. The highest BCUT2D eigenvalue weighted by atomic mass is 32.2. The quantitative estimate of drug-likeness (QED) is 0.313. The van der Waals surface area contributed by atoms with E-state index in [0.29, 0.717) is 12.2 Å². The average Bonchev–Trinajstić information content (AvgIpc) is 3.47. The number of nitrogens with zero attached hydrogens (tertiary/aromatic N) is 3. The Labute approximate surface area is 236 Å². The number of nitrogens with one attached hydrogen (secondary N) is 1. The maximum Gasteiger partial charge on any atom is 0.267 e. The normalized spacial score (nSPS) is 19.2. The van der Waals surface area contributed by atoms with E-state index in [9.17, 15) is 13.2 Å². The maximum atomic E-state index is 13.4. The Kier molecular flexibility index (Phi) is 9.13. The number of piperazine rings is 1. The molecule has 2 fully saturated rings. The summed E-state index contributed by atoms with van der Waals surface area (Å²) < 4.78 is 33.3. The minimum atomic E-state index is -3.81. The Balaban J connectivity index is 1.21. The van der Waals surface area contributed by atoms with Crippen molar-refractivity contribution in [3.8, 4) is 11.1 Å². The van der Waals surface area contributed by atoms with Gasteiger partial charge in [-0.25, -0.2) is 22.7 Å². The molecule has 1 unspecified atom stereocenters. The van der Waals surface area contributed by atoms with Crippen LogP contribution in [0.25, 0.3) is 17.2 Å². The van der Waals surface area contributed by atoms with Gasteiger partial charge in [-0.3, -0.25) is 9.69 Å². The molecule has 0 aliphatic carbocycles. The second-order valence-electron chi connectivity index (χ2n) is 10.3. The van der Waals surface area contributed by atoms with Crippen molar-refractivity contribution < 1.29 is 22.8 Å². The van der Waals surface area contributed by atoms with Gasteiger partial charge in [-0.05, 0) is 66.4 Å². The van der Waals surface area contributed by atoms with Gasteiger partial charge in [0.2, 0.25) is 0 Å². The molecule has 2 aliphatic heterocycles. The molecule has 1 amide bonds. The van der Waals surface area contributed by atoms with E-state index in [4.69, 9.17) is 9.57 Å². The van der Waals surface area contributed by atoms with E-state index < -0.39 is 22.2 Å². The first-order chi connectivity index (χ1) is 19.4.